The molecule has 0 unspecified atom stereocenters. The molecule has 0 spiro atoms. The van der Waals surface area contributed by atoms with E-state index in [9.17, 15) is 14.4 Å². The number of carbonyl (C=O) groups is 2. The van der Waals surface area contributed by atoms with Gasteiger partial charge in [-0.05, 0) is 24.3 Å². The third-order valence-electron chi connectivity index (χ3n) is 4.26. The first-order chi connectivity index (χ1) is 14.1. The zero-order valence-electron chi connectivity index (χ0n) is 15.3. The maximum Gasteiger partial charge on any atom is 0.261 e. The fourth-order valence-electron chi connectivity index (χ4n) is 2.85. The van der Waals surface area contributed by atoms with E-state index in [0.29, 0.717) is 16.0 Å². The summed E-state index contributed by atoms with van der Waals surface area (Å²) >= 11 is 1.39. The minimum atomic E-state index is -0.364. The number of anilines is 1. The molecular formula is C20H17N5O3S. The average Bonchev–Trinajstić information content (AvgIpc) is 3.12. The number of nitrogens with zero attached hydrogens (tertiary/aromatic N) is 3. The van der Waals surface area contributed by atoms with E-state index in [0.717, 1.165) is 10.2 Å². The number of nitrogens with one attached hydrogen (secondary N) is 2. The van der Waals surface area contributed by atoms with Gasteiger partial charge < -0.3 is 10.6 Å². The van der Waals surface area contributed by atoms with Crippen LogP contribution in [0.1, 0.15) is 6.42 Å². The Morgan fingerprint density at radius 2 is 1.76 bits per heavy atom. The van der Waals surface area contributed by atoms with Crippen molar-refractivity contribution in [1.82, 2.24) is 19.9 Å². The predicted molar refractivity (Wildman–Crippen MR) is 112 cm³/mol. The molecule has 146 valence electrons. The number of para-hydroxylation sites is 2. The van der Waals surface area contributed by atoms with Crippen molar-refractivity contribution < 1.29 is 9.59 Å². The second-order valence-corrected chi connectivity index (χ2v) is 7.36. The summed E-state index contributed by atoms with van der Waals surface area (Å²) in [6.07, 6.45) is 1.45. The van der Waals surface area contributed by atoms with Gasteiger partial charge in [0.25, 0.3) is 5.56 Å². The van der Waals surface area contributed by atoms with Gasteiger partial charge in [-0.25, -0.2) is 9.97 Å². The lowest BCUT2D eigenvalue weighted by atomic mass is 10.2. The number of benzene rings is 2. The standard InChI is InChI=1S/C20H17N5O3S/c26-17(24-20-23-15-7-3-4-8-16(15)29-20)9-10-21-18(27)11-25-12-22-14-6-2-1-5-13(14)19(25)28/h1-8,12H,9-11H2,(H,21,27)(H,23,24,26). The first-order valence-electron chi connectivity index (χ1n) is 8.96. The first-order valence-corrected chi connectivity index (χ1v) is 9.78. The van der Waals surface area contributed by atoms with Gasteiger partial charge in [-0.15, -0.1) is 0 Å². The van der Waals surface area contributed by atoms with Gasteiger partial charge in [-0.3, -0.25) is 19.0 Å². The Labute approximate surface area is 169 Å². The second-order valence-electron chi connectivity index (χ2n) is 6.33. The summed E-state index contributed by atoms with van der Waals surface area (Å²) < 4.78 is 2.24. The monoisotopic (exact) mass is 407 g/mol. The quantitative estimate of drug-likeness (QED) is 0.509. The van der Waals surface area contributed by atoms with Gasteiger partial charge in [0.1, 0.15) is 6.54 Å². The van der Waals surface area contributed by atoms with Crippen LogP contribution in [0.15, 0.2) is 59.7 Å². The zero-order valence-corrected chi connectivity index (χ0v) is 16.1. The first kappa shape index (κ1) is 18.8. The number of hydrogen-bond acceptors (Lipinski definition) is 6. The lowest BCUT2D eigenvalue weighted by Gasteiger charge is -2.08. The molecular weight excluding hydrogens is 390 g/mol. The van der Waals surface area contributed by atoms with Crippen LogP contribution in [0.5, 0.6) is 0 Å². The summed E-state index contributed by atoms with van der Waals surface area (Å²) in [5.41, 5.74) is 1.13. The van der Waals surface area contributed by atoms with E-state index in [1.165, 1.54) is 22.2 Å². The highest BCUT2D eigenvalue weighted by molar-refractivity contribution is 7.22. The maximum atomic E-state index is 12.4. The third kappa shape index (κ3) is 4.30. The van der Waals surface area contributed by atoms with Crippen LogP contribution >= 0.6 is 11.3 Å². The van der Waals surface area contributed by atoms with Crippen LogP contribution in [0, 0.1) is 0 Å². The normalized spacial score (nSPS) is 10.9. The minimum absolute atomic E-state index is 0.104. The summed E-state index contributed by atoms with van der Waals surface area (Å²) in [6.45, 7) is 0.00147. The molecule has 0 fully saturated rings. The lowest BCUT2D eigenvalue weighted by molar-refractivity contribution is -0.121. The number of hydrogen-bond donors (Lipinski definition) is 2. The van der Waals surface area contributed by atoms with Crippen LogP contribution < -0.4 is 16.2 Å². The van der Waals surface area contributed by atoms with E-state index in [1.54, 1.807) is 24.3 Å². The molecule has 29 heavy (non-hydrogen) atoms. The molecule has 2 aromatic carbocycles. The number of fused-ring (bicyclic) bond motifs is 2. The van der Waals surface area contributed by atoms with E-state index >= 15 is 0 Å². The summed E-state index contributed by atoms with van der Waals surface area (Å²) in [5.74, 6) is -0.606. The zero-order chi connectivity index (χ0) is 20.2. The molecule has 0 radical (unpaired) electrons. The Balaban J connectivity index is 1.29. The highest BCUT2D eigenvalue weighted by Gasteiger charge is 2.10. The van der Waals surface area contributed by atoms with Crippen molar-refractivity contribution in [1.29, 1.82) is 0 Å². The third-order valence-corrected chi connectivity index (χ3v) is 5.21. The van der Waals surface area contributed by atoms with Crippen molar-refractivity contribution >= 4 is 49.4 Å². The van der Waals surface area contributed by atoms with E-state index in [1.807, 2.05) is 24.3 Å². The Morgan fingerprint density at radius 3 is 2.59 bits per heavy atom. The van der Waals surface area contributed by atoms with E-state index in [2.05, 4.69) is 20.6 Å². The van der Waals surface area contributed by atoms with Gasteiger partial charge in [-0.1, -0.05) is 35.6 Å². The molecule has 9 heteroatoms. The molecule has 0 aliphatic carbocycles. The molecule has 0 saturated heterocycles. The van der Waals surface area contributed by atoms with Crippen LogP contribution in [0.3, 0.4) is 0 Å². The van der Waals surface area contributed by atoms with E-state index in [4.69, 9.17) is 0 Å². The molecule has 0 bridgehead atoms. The molecule has 0 aliphatic heterocycles. The van der Waals surface area contributed by atoms with Crippen molar-refractivity contribution in [2.75, 3.05) is 11.9 Å². The van der Waals surface area contributed by atoms with E-state index in [-0.39, 0.29) is 36.9 Å². The van der Waals surface area contributed by atoms with Crippen molar-refractivity contribution in [3.05, 3.63) is 65.2 Å². The van der Waals surface area contributed by atoms with Crippen LogP contribution in [0.25, 0.3) is 21.1 Å². The Hall–Kier alpha value is -3.59. The van der Waals surface area contributed by atoms with Crippen molar-refractivity contribution in [2.24, 2.45) is 0 Å². The van der Waals surface area contributed by atoms with Gasteiger partial charge in [0, 0.05) is 13.0 Å². The molecule has 0 aliphatic rings. The fourth-order valence-corrected chi connectivity index (χ4v) is 3.73. The largest absolute Gasteiger partial charge is 0.354 e. The van der Waals surface area contributed by atoms with Crippen molar-refractivity contribution in [2.45, 2.75) is 13.0 Å². The van der Waals surface area contributed by atoms with Crippen LogP contribution in [-0.2, 0) is 16.1 Å². The molecule has 2 amide bonds. The number of aromatic nitrogens is 3. The van der Waals surface area contributed by atoms with Crippen molar-refractivity contribution in [3.63, 3.8) is 0 Å². The highest BCUT2D eigenvalue weighted by atomic mass is 32.1. The Kier molecular flexibility index (Phi) is 5.30. The van der Waals surface area contributed by atoms with Gasteiger partial charge in [0.05, 0.1) is 27.4 Å². The molecule has 4 aromatic rings. The lowest BCUT2D eigenvalue weighted by Crippen LogP contribution is -2.34. The smallest absolute Gasteiger partial charge is 0.261 e. The molecule has 4 rings (SSSR count). The fraction of sp³-hybridized carbons (Fsp3) is 0.150. The Morgan fingerprint density at radius 1 is 1.00 bits per heavy atom. The number of thiazole rings is 1. The van der Waals surface area contributed by atoms with Crippen LogP contribution in [0.4, 0.5) is 5.13 Å². The van der Waals surface area contributed by atoms with Gasteiger partial charge in [0.15, 0.2) is 5.13 Å². The maximum absolute atomic E-state index is 12.4. The number of carbonyl (C=O) groups excluding carboxylic acids is 2. The summed E-state index contributed by atoms with van der Waals surface area (Å²) in [4.78, 5) is 45.1. The van der Waals surface area contributed by atoms with Crippen molar-refractivity contribution in [3.8, 4) is 0 Å². The average molecular weight is 407 g/mol. The predicted octanol–water partition coefficient (Wildman–Crippen LogP) is 2.15. The van der Waals surface area contributed by atoms with E-state index < -0.39 is 0 Å². The summed E-state index contributed by atoms with van der Waals surface area (Å²) in [5, 5.41) is 6.36. The number of rotatable bonds is 6. The molecule has 2 N–H and O–H groups in total. The topological polar surface area (TPSA) is 106 Å². The van der Waals surface area contributed by atoms with Gasteiger partial charge >= 0.3 is 0 Å². The Bertz CT molecular complexity index is 1230. The molecule has 0 atom stereocenters. The van der Waals surface area contributed by atoms with Gasteiger partial charge in [0.2, 0.25) is 11.8 Å². The van der Waals surface area contributed by atoms with Crippen LogP contribution in [0.2, 0.25) is 0 Å². The van der Waals surface area contributed by atoms with Crippen LogP contribution in [-0.4, -0.2) is 32.9 Å². The second kappa shape index (κ2) is 8.19. The van der Waals surface area contributed by atoms with Gasteiger partial charge in [-0.2, -0.15) is 0 Å². The minimum Gasteiger partial charge on any atom is -0.354 e. The summed E-state index contributed by atoms with van der Waals surface area (Å²) in [7, 11) is 0. The summed E-state index contributed by atoms with van der Waals surface area (Å²) in [6, 6.07) is 14.6. The molecule has 2 aromatic heterocycles. The molecule has 8 nitrogen and oxygen atoms in total. The highest BCUT2D eigenvalue weighted by Crippen LogP contribution is 2.25. The number of amides is 2. The molecule has 0 saturated carbocycles. The molecule has 2 heterocycles. The SMILES string of the molecule is O=C(Cn1cnc2ccccc2c1=O)NCCC(=O)Nc1nc2ccccc2s1.